The molecule has 2 atom stereocenters. The Bertz CT molecular complexity index is 480. The first kappa shape index (κ1) is 16.8. The van der Waals surface area contributed by atoms with E-state index in [0.29, 0.717) is 13.1 Å². The van der Waals surface area contributed by atoms with Crippen LogP contribution < -0.4 is 5.32 Å². The molecule has 2 heterocycles. The van der Waals surface area contributed by atoms with Crippen LogP contribution in [0.2, 0.25) is 0 Å². The molecule has 0 bridgehead atoms. The first-order valence-electron chi connectivity index (χ1n) is 7.78. The van der Waals surface area contributed by atoms with Gasteiger partial charge in [-0.2, -0.15) is 5.10 Å². The van der Waals surface area contributed by atoms with E-state index in [2.05, 4.69) is 29.2 Å². The van der Waals surface area contributed by atoms with E-state index < -0.39 is 0 Å². The van der Waals surface area contributed by atoms with Crippen molar-refractivity contribution in [2.24, 2.45) is 7.05 Å². The van der Waals surface area contributed by atoms with Gasteiger partial charge in [0.25, 0.3) is 0 Å². The van der Waals surface area contributed by atoms with Gasteiger partial charge in [-0.25, -0.2) is 4.79 Å². The predicted molar refractivity (Wildman–Crippen MR) is 84.5 cm³/mol. The van der Waals surface area contributed by atoms with Gasteiger partial charge in [-0.1, -0.05) is 0 Å². The molecule has 7 nitrogen and oxygen atoms in total. The smallest absolute Gasteiger partial charge is 0.317 e. The lowest BCUT2D eigenvalue weighted by Gasteiger charge is -2.35. The number of carbonyl (C=O) groups excluding carboxylic acids is 1. The highest BCUT2D eigenvalue weighted by atomic mass is 16.5. The largest absolute Gasteiger partial charge is 0.373 e. The molecule has 0 radical (unpaired) electrons. The molecule has 2 unspecified atom stereocenters. The average molecular weight is 309 g/mol. The van der Waals surface area contributed by atoms with Crippen molar-refractivity contribution in [1.82, 2.24) is 24.9 Å². The summed E-state index contributed by atoms with van der Waals surface area (Å²) in [7, 11) is 3.66. The van der Waals surface area contributed by atoms with E-state index in [4.69, 9.17) is 4.74 Å². The van der Waals surface area contributed by atoms with Crippen LogP contribution in [0.4, 0.5) is 4.79 Å². The maximum atomic E-state index is 12.1. The molecule has 2 rings (SSSR count). The summed E-state index contributed by atoms with van der Waals surface area (Å²) in [6.45, 7) is 8.08. The van der Waals surface area contributed by atoms with Gasteiger partial charge in [-0.3, -0.25) is 9.58 Å². The lowest BCUT2D eigenvalue weighted by molar-refractivity contribution is -0.0672. The van der Waals surface area contributed by atoms with Crippen molar-refractivity contribution < 1.29 is 9.53 Å². The number of hydrogen-bond donors (Lipinski definition) is 1. The Labute approximate surface area is 132 Å². The molecule has 1 aromatic heterocycles. The zero-order chi connectivity index (χ0) is 16.1. The van der Waals surface area contributed by atoms with Crippen molar-refractivity contribution in [3.05, 3.63) is 18.0 Å². The van der Waals surface area contributed by atoms with Crippen LogP contribution in [0.1, 0.15) is 19.4 Å². The minimum atomic E-state index is -0.0572. The number of aryl methyl sites for hydroxylation is 1. The molecule has 1 aliphatic heterocycles. The van der Waals surface area contributed by atoms with E-state index >= 15 is 0 Å². The molecule has 124 valence electrons. The molecular formula is C15H27N5O2. The van der Waals surface area contributed by atoms with Gasteiger partial charge < -0.3 is 15.0 Å². The molecule has 1 fully saturated rings. The van der Waals surface area contributed by atoms with Gasteiger partial charge in [-0.15, -0.1) is 0 Å². The van der Waals surface area contributed by atoms with Gasteiger partial charge >= 0.3 is 6.03 Å². The second kappa shape index (κ2) is 7.60. The Morgan fingerprint density at radius 1 is 1.45 bits per heavy atom. The van der Waals surface area contributed by atoms with Gasteiger partial charge in [-0.05, 0) is 13.8 Å². The predicted octanol–water partition coefficient (Wildman–Crippen LogP) is 0.671. The zero-order valence-corrected chi connectivity index (χ0v) is 14.0. The highest BCUT2D eigenvalue weighted by Crippen LogP contribution is 2.09. The van der Waals surface area contributed by atoms with Crippen LogP contribution in [0.5, 0.6) is 0 Å². The van der Waals surface area contributed by atoms with Gasteiger partial charge in [0.15, 0.2) is 0 Å². The van der Waals surface area contributed by atoms with E-state index in [9.17, 15) is 4.79 Å². The molecule has 0 aromatic carbocycles. The van der Waals surface area contributed by atoms with Crippen molar-refractivity contribution in [3.8, 4) is 0 Å². The summed E-state index contributed by atoms with van der Waals surface area (Å²) in [5.41, 5.74) is 1.02. The van der Waals surface area contributed by atoms with E-state index in [0.717, 1.165) is 25.2 Å². The minimum absolute atomic E-state index is 0.0572. The molecule has 2 amide bonds. The SMILES string of the molecule is CC1CN(CCNC(=O)N(C)Cc2cnn(C)c2)CC(C)O1. The molecular weight excluding hydrogens is 282 g/mol. The lowest BCUT2D eigenvalue weighted by atomic mass is 10.2. The monoisotopic (exact) mass is 309 g/mol. The second-order valence-corrected chi connectivity index (χ2v) is 6.13. The number of nitrogens with zero attached hydrogens (tertiary/aromatic N) is 4. The van der Waals surface area contributed by atoms with Crippen LogP contribution in [0.15, 0.2) is 12.4 Å². The Morgan fingerprint density at radius 2 is 2.14 bits per heavy atom. The maximum Gasteiger partial charge on any atom is 0.317 e. The van der Waals surface area contributed by atoms with Crippen LogP contribution in [0.3, 0.4) is 0 Å². The first-order chi connectivity index (χ1) is 10.4. The lowest BCUT2D eigenvalue weighted by Crippen LogP contribution is -2.48. The van der Waals surface area contributed by atoms with E-state index in [1.54, 1.807) is 22.8 Å². The summed E-state index contributed by atoms with van der Waals surface area (Å²) >= 11 is 0. The topological polar surface area (TPSA) is 62.6 Å². The minimum Gasteiger partial charge on any atom is -0.373 e. The van der Waals surface area contributed by atoms with Crippen molar-refractivity contribution in [1.29, 1.82) is 0 Å². The quantitative estimate of drug-likeness (QED) is 0.868. The number of hydrogen-bond acceptors (Lipinski definition) is 4. The van der Waals surface area contributed by atoms with E-state index in [-0.39, 0.29) is 18.2 Å². The number of amides is 2. The Hall–Kier alpha value is -1.60. The highest BCUT2D eigenvalue weighted by Gasteiger charge is 2.21. The molecule has 1 N–H and O–H groups in total. The van der Waals surface area contributed by atoms with Gasteiger partial charge in [0, 0.05) is 52.0 Å². The number of nitrogens with one attached hydrogen (secondary N) is 1. The molecule has 22 heavy (non-hydrogen) atoms. The van der Waals surface area contributed by atoms with Crippen molar-refractivity contribution in [3.63, 3.8) is 0 Å². The number of ether oxygens (including phenoxy) is 1. The Kier molecular flexibility index (Phi) is 5.79. The molecule has 7 heteroatoms. The third kappa shape index (κ3) is 4.99. The van der Waals surface area contributed by atoms with E-state index in [1.807, 2.05) is 13.2 Å². The summed E-state index contributed by atoms with van der Waals surface area (Å²) in [5.74, 6) is 0. The number of morpholine rings is 1. The van der Waals surface area contributed by atoms with E-state index in [1.165, 1.54) is 0 Å². The normalized spacial score (nSPS) is 22.5. The van der Waals surface area contributed by atoms with Crippen molar-refractivity contribution in [2.45, 2.75) is 32.6 Å². The fourth-order valence-corrected chi connectivity index (χ4v) is 2.82. The van der Waals surface area contributed by atoms with Crippen LogP contribution in [0.25, 0.3) is 0 Å². The van der Waals surface area contributed by atoms with Crippen LogP contribution >= 0.6 is 0 Å². The number of carbonyl (C=O) groups is 1. The van der Waals surface area contributed by atoms with Gasteiger partial charge in [0.2, 0.25) is 0 Å². The molecule has 1 saturated heterocycles. The second-order valence-electron chi connectivity index (χ2n) is 6.13. The fraction of sp³-hybridized carbons (Fsp3) is 0.733. The molecule has 0 aliphatic carbocycles. The number of aromatic nitrogens is 2. The zero-order valence-electron chi connectivity index (χ0n) is 14.0. The average Bonchev–Trinajstić information content (AvgIpc) is 2.82. The highest BCUT2D eigenvalue weighted by molar-refractivity contribution is 5.73. The summed E-state index contributed by atoms with van der Waals surface area (Å²) in [6, 6.07) is -0.0572. The third-order valence-corrected chi connectivity index (χ3v) is 3.72. The summed E-state index contributed by atoms with van der Waals surface area (Å²) in [4.78, 5) is 16.1. The first-order valence-corrected chi connectivity index (χ1v) is 7.78. The van der Waals surface area contributed by atoms with Crippen LogP contribution in [-0.4, -0.2) is 71.0 Å². The Balaban J connectivity index is 1.68. The summed E-state index contributed by atoms with van der Waals surface area (Å²) in [6.07, 6.45) is 4.21. The Morgan fingerprint density at radius 3 is 2.73 bits per heavy atom. The van der Waals surface area contributed by atoms with Gasteiger partial charge in [0.05, 0.1) is 24.9 Å². The fourth-order valence-electron chi connectivity index (χ4n) is 2.82. The summed E-state index contributed by atoms with van der Waals surface area (Å²) in [5, 5.41) is 7.07. The standard InChI is InChI=1S/C15H27N5O2/c1-12-8-20(9-13(2)22-12)6-5-16-15(21)18(3)10-14-7-17-19(4)11-14/h7,11-13H,5-6,8-10H2,1-4H3,(H,16,21). The maximum absolute atomic E-state index is 12.1. The van der Waals surface area contributed by atoms with Crippen LogP contribution in [-0.2, 0) is 18.3 Å². The van der Waals surface area contributed by atoms with Crippen molar-refractivity contribution >= 4 is 6.03 Å². The molecule has 1 aromatic rings. The number of rotatable bonds is 5. The van der Waals surface area contributed by atoms with Crippen LogP contribution in [0, 0.1) is 0 Å². The molecule has 1 aliphatic rings. The van der Waals surface area contributed by atoms with Crippen molar-refractivity contribution in [2.75, 3.05) is 33.2 Å². The number of urea groups is 1. The third-order valence-electron chi connectivity index (χ3n) is 3.72. The van der Waals surface area contributed by atoms with Gasteiger partial charge in [0.1, 0.15) is 0 Å². The molecule has 0 saturated carbocycles. The molecule has 0 spiro atoms. The summed E-state index contributed by atoms with van der Waals surface area (Å²) < 4.78 is 7.44.